The summed E-state index contributed by atoms with van der Waals surface area (Å²) in [5, 5.41) is 10.6. The van der Waals surface area contributed by atoms with E-state index in [-0.39, 0.29) is 16.4 Å². The molecule has 13 heavy (non-hydrogen) atoms. The van der Waals surface area contributed by atoms with Gasteiger partial charge in [-0.25, -0.2) is 4.98 Å². The average Bonchev–Trinajstić information content (AvgIpc) is 2.03. The van der Waals surface area contributed by atoms with Crippen molar-refractivity contribution in [1.82, 2.24) is 4.98 Å². The van der Waals surface area contributed by atoms with Gasteiger partial charge in [-0.1, -0.05) is 11.6 Å². The molecule has 0 aromatic carbocycles. The normalized spacial score (nSPS) is 9.69. The summed E-state index contributed by atoms with van der Waals surface area (Å²) in [4.78, 5) is 24.2. The second-order valence-electron chi connectivity index (χ2n) is 2.33. The smallest absolute Gasteiger partial charge is 0.292 e. The van der Waals surface area contributed by atoms with Crippen LogP contribution in [0.4, 0.5) is 5.69 Å². The molecular formula is C7H5ClN2O3. The molecular weight excluding hydrogens is 196 g/mol. The number of hydrogen-bond acceptors (Lipinski definition) is 4. The summed E-state index contributed by atoms with van der Waals surface area (Å²) in [7, 11) is 0. The molecule has 0 fully saturated rings. The van der Waals surface area contributed by atoms with E-state index in [0.717, 1.165) is 6.07 Å². The fourth-order valence-electron chi connectivity index (χ4n) is 0.839. The van der Waals surface area contributed by atoms with Crippen LogP contribution in [0.2, 0.25) is 5.02 Å². The van der Waals surface area contributed by atoms with Crippen LogP contribution < -0.4 is 0 Å². The van der Waals surface area contributed by atoms with Gasteiger partial charge in [0.05, 0.1) is 9.95 Å². The molecule has 0 aliphatic carbocycles. The number of aromatic nitrogens is 1. The van der Waals surface area contributed by atoms with Crippen molar-refractivity contribution in [1.29, 1.82) is 0 Å². The fraction of sp³-hybridized carbons (Fsp3) is 0.143. The number of carbonyl (C=O) groups is 1. The van der Waals surface area contributed by atoms with E-state index >= 15 is 0 Å². The lowest BCUT2D eigenvalue weighted by Crippen LogP contribution is -2.02. The molecule has 0 saturated carbocycles. The molecule has 0 saturated heterocycles. The number of pyridine rings is 1. The maximum Gasteiger partial charge on any atom is 0.300 e. The molecule has 1 aromatic rings. The predicted molar refractivity (Wildman–Crippen MR) is 45.9 cm³/mol. The van der Waals surface area contributed by atoms with Gasteiger partial charge < -0.3 is 0 Å². The van der Waals surface area contributed by atoms with E-state index in [9.17, 15) is 14.9 Å². The van der Waals surface area contributed by atoms with Gasteiger partial charge in [-0.15, -0.1) is 0 Å². The van der Waals surface area contributed by atoms with Crippen molar-refractivity contribution in [3.05, 3.63) is 33.1 Å². The van der Waals surface area contributed by atoms with Crippen LogP contribution in [0.15, 0.2) is 12.3 Å². The lowest BCUT2D eigenvalue weighted by molar-refractivity contribution is -0.385. The van der Waals surface area contributed by atoms with Crippen LogP contribution in [0.1, 0.15) is 17.4 Å². The van der Waals surface area contributed by atoms with E-state index in [1.54, 1.807) is 0 Å². The van der Waals surface area contributed by atoms with E-state index in [4.69, 9.17) is 11.6 Å². The maximum atomic E-state index is 10.9. The molecule has 0 aliphatic rings. The number of Topliss-reactive ketones (excluding diaryl/α,β-unsaturated/α-hetero) is 1. The summed E-state index contributed by atoms with van der Waals surface area (Å²) < 4.78 is 0. The molecule has 0 N–H and O–H groups in total. The lowest BCUT2D eigenvalue weighted by Gasteiger charge is -1.97. The van der Waals surface area contributed by atoms with E-state index in [1.807, 2.05) is 0 Å². The van der Waals surface area contributed by atoms with Crippen molar-refractivity contribution < 1.29 is 9.72 Å². The summed E-state index contributed by atoms with van der Waals surface area (Å²) in [5.41, 5.74) is -0.533. The van der Waals surface area contributed by atoms with Gasteiger partial charge >= 0.3 is 0 Å². The Morgan fingerprint density at radius 1 is 1.69 bits per heavy atom. The Hall–Kier alpha value is -1.49. The number of halogens is 1. The SMILES string of the molecule is CC(=O)c1ncc(Cl)cc1[N+](=O)[O-]. The van der Waals surface area contributed by atoms with Gasteiger partial charge in [-0.2, -0.15) is 0 Å². The van der Waals surface area contributed by atoms with Crippen molar-refractivity contribution in [3.63, 3.8) is 0 Å². The number of nitro groups is 1. The monoisotopic (exact) mass is 200 g/mol. The Bertz CT molecular complexity index is 378. The molecule has 5 nitrogen and oxygen atoms in total. The summed E-state index contributed by atoms with van der Waals surface area (Å²) in [6.45, 7) is 1.21. The van der Waals surface area contributed by atoms with Gasteiger partial charge in [0, 0.05) is 19.2 Å². The number of rotatable bonds is 2. The van der Waals surface area contributed by atoms with Crippen LogP contribution in [0.5, 0.6) is 0 Å². The summed E-state index contributed by atoms with van der Waals surface area (Å²) in [6.07, 6.45) is 1.20. The quantitative estimate of drug-likeness (QED) is 0.415. The summed E-state index contributed by atoms with van der Waals surface area (Å²) >= 11 is 5.49. The van der Waals surface area contributed by atoms with Gasteiger partial charge in [0.2, 0.25) is 0 Å². The van der Waals surface area contributed by atoms with Gasteiger partial charge in [0.15, 0.2) is 11.5 Å². The van der Waals surface area contributed by atoms with Crippen LogP contribution in [0.25, 0.3) is 0 Å². The second kappa shape index (κ2) is 3.49. The first kappa shape index (κ1) is 9.60. The summed E-state index contributed by atoms with van der Waals surface area (Å²) in [5.74, 6) is -0.455. The van der Waals surface area contributed by atoms with Gasteiger partial charge in [0.25, 0.3) is 5.69 Å². The van der Waals surface area contributed by atoms with E-state index < -0.39 is 10.7 Å². The highest BCUT2D eigenvalue weighted by Crippen LogP contribution is 2.20. The third kappa shape index (κ3) is 2.00. The molecule has 0 amide bonds. The first-order valence-electron chi connectivity index (χ1n) is 3.33. The van der Waals surface area contributed by atoms with Crippen LogP contribution in [0, 0.1) is 10.1 Å². The molecule has 1 rings (SSSR count). The number of ketones is 1. The van der Waals surface area contributed by atoms with E-state index in [1.165, 1.54) is 13.1 Å². The van der Waals surface area contributed by atoms with Crippen molar-refractivity contribution in [2.24, 2.45) is 0 Å². The lowest BCUT2D eigenvalue weighted by atomic mass is 10.2. The van der Waals surface area contributed by atoms with Crippen molar-refractivity contribution in [3.8, 4) is 0 Å². The Balaban J connectivity index is 3.35. The highest BCUT2D eigenvalue weighted by Gasteiger charge is 2.18. The topological polar surface area (TPSA) is 73.1 Å². The Morgan fingerprint density at radius 3 is 2.77 bits per heavy atom. The predicted octanol–water partition coefficient (Wildman–Crippen LogP) is 1.85. The zero-order chi connectivity index (χ0) is 10.0. The molecule has 0 radical (unpaired) electrons. The molecule has 0 unspecified atom stereocenters. The van der Waals surface area contributed by atoms with E-state index in [0.29, 0.717) is 0 Å². The van der Waals surface area contributed by atoms with Crippen LogP contribution in [-0.2, 0) is 0 Å². The zero-order valence-corrected chi connectivity index (χ0v) is 7.41. The minimum atomic E-state index is -0.685. The van der Waals surface area contributed by atoms with Crippen molar-refractivity contribution >= 4 is 23.1 Å². The minimum absolute atomic E-state index is 0.136. The van der Waals surface area contributed by atoms with Gasteiger partial charge in [-0.3, -0.25) is 14.9 Å². The maximum absolute atomic E-state index is 10.9. The van der Waals surface area contributed by atoms with Crippen LogP contribution in [0.3, 0.4) is 0 Å². The second-order valence-corrected chi connectivity index (χ2v) is 2.77. The summed E-state index contributed by atoms with van der Waals surface area (Å²) in [6, 6.07) is 1.10. The zero-order valence-electron chi connectivity index (χ0n) is 6.65. The third-order valence-corrected chi connectivity index (χ3v) is 1.57. The minimum Gasteiger partial charge on any atom is -0.292 e. The average molecular weight is 201 g/mol. The number of hydrogen-bond donors (Lipinski definition) is 0. The molecule has 1 aromatic heterocycles. The largest absolute Gasteiger partial charge is 0.300 e. The Labute approximate surface area is 78.5 Å². The van der Waals surface area contributed by atoms with Crippen LogP contribution >= 0.6 is 11.6 Å². The van der Waals surface area contributed by atoms with Gasteiger partial charge in [-0.05, 0) is 0 Å². The molecule has 0 spiro atoms. The van der Waals surface area contributed by atoms with E-state index in [2.05, 4.69) is 4.98 Å². The molecule has 6 heteroatoms. The Morgan fingerprint density at radius 2 is 2.31 bits per heavy atom. The van der Waals surface area contributed by atoms with Crippen molar-refractivity contribution in [2.45, 2.75) is 6.92 Å². The highest BCUT2D eigenvalue weighted by atomic mass is 35.5. The molecule has 1 heterocycles. The molecule has 0 atom stereocenters. The van der Waals surface area contributed by atoms with Crippen LogP contribution in [-0.4, -0.2) is 15.7 Å². The first-order valence-corrected chi connectivity index (χ1v) is 3.71. The molecule has 68 valence electrons. The van der Waals surface area contributed by atoms with Crippen molar-refractivity contribution in [2.75, 3.05) is 0 Å². The Kier molecular flexibility index (Phi) is 2.57. The highest BCUT2D eigenvalue weighted by molar-refractivity contribution is 6.30. The third-order valence-electron chi connectivity index (χ3n) is 1.36. The fourth-order valence-corrected chi connectivity index (χ4v) is 0.991. The number of nitrogens with zero attached hydrogens (tertiary/aromatic N) is 2. The molecule has 0 bridgehead atoms. The first-order chi connectivity index (χ1) is 6.02. The number of carbonyl (C=O) groups excluding carboxylic acids is 1. The van der Waals surface area contributed by atoms with Gasteiger partial charge in [0.1, 0.15) is 0 Å². The standard InChI is InChI=1S/C7H5ClN2O3/c1-4(11)7-6(10(12)13)2-5(8)3-9-7/h2-3H,1H3. The molecule has 0 aliphatic heterocycles.